The van der Waals surface area contributed by atoms with Gasteiger partial charge in [0.05, 0.1) is 5.69 Å². The van der Waals surface area contributed by atoms with Crippen molar-refractivity contribution in [2.24, 2.45) is 24.1 Å². The Morgan fingerprint density at radius 1 is 0.957 bits per heavy atom. The van der Waals surface area contributed by atoms with E-state index >= 15 is 0 Å². The Hall–Kier alpha value is -2.73. The van der Waals surface area contributed by atoms with Gasteiger partial charge in [-0.1, -0.05) is 48.5 Å². The lowest BCUT2D eigenvalue weighted by atomic mass is 10.2. The number of para-hydroxylation sites is 1. The highest BCUT2D eigenvalue weighted by atomic mass is 32.1. The van der Waals surface area contributed by atoms with Crippen molar-refractivity contribution in [3.8, 4) is 0 Å². The minimum absolute atomic E-state index is 0.0964. The highest BCUT2D eigenvalue weighted by molar-refractivity contribution is 7.03. The Morgan fingerprint density at radius 2 is 1.57 bits per heavy atom. The number of aromatic nitrogens is 2. The Balaban J connectivity index is 2.19. The van der Waals surface area contributed by atoms with Gasteiger partial charge in [-0.05, 0) is 23.7 Å². The molecule has 116 valence electrons. The topological polar surface area (TPSA) is 51.6 Å². The number of rotatable bonds is 2. The zero-order valence-corrected chi connectivity index (χ0v) is 13.7. The van der Waals surface area contributed by atoms with Crippen molar-refractivity contribution in [2.75, 3.05) is 0 Å². The number of nitrogens with zero attached hydrogens (tertiary/aromatic N) is 4. The predicted octanol–water partition coefficient (Wildman–Crippen LogP) is 2.46. The van der Waals surface area contributed by atoms with E-state index in [1.807, 2.05) is 60.7 Å². The fraction of sp³-hybridized carbons (Fsp3) is 0.118. The molecule has 23 heavy (non-hydrogen) atoms. The number of aliphatic imine (C=N–C) groups is 1. The summed E-state index contributed by atoms with van der Waals surface area (Å²) in [7, 11) is 3.44. The molecule has 0 spiro atoms. The van der Waals surface area contributed by atoms with Gasteiger partial charge in [-0.15, -0.1) is 0 Å². The van der Waals surface area contributed by atoms with Crippen LogP contribution in [0.5, 0.6) is 0 Å². The number of hydrogen-bond acceptors (Lipinski definition) is 3. The summed E-state index contributed by atoms with van der Waals surface area (Å²) in [5, 5.41) is 0. The van der Waals surface area contributed by atoms with Crippen molar-refractivity contribution >= 4 is 23.1 Å². The van der Waals surface area contributed by atoms with Crippen LogP contribution < -0.4 is 10.5 Å². The third-order valence-corrected chi connectivity index (χ3v) is 4.25. The number of hydrogen-bond donors (Lipinski definition) is 0. The first kappa shape index (κ1) is 15.2. The first-order valence-corrected chi connectivity index (χ1v) is 7.90. The Bertz CT molecular complexity index is 950. The van der Waals surface area contributed by atoms with E-state index in [1.165, 1.54) is 16.1 Å². The normalized spacial score (nSPS) is 12.6. The summed E-state index contributed by atoms with van der Waals surface area (Å²) < 4.78 is 3.07. The lowest BCUT2D eigenvalue weighted by Gasteiger charge is -2.01. The van der Waals surface area contributed by atoms with E-state index in [-0.39, 0.29) is 5.69 Å². The van der Waals surface area contributed by atoms with E-state index in [4.69, 9.17) is 0 Å². The molecule has 5 nitrogen and oxygen atoms in total. The quantitative estimate of drug-likeness (QED) is 0.528. The van der Waals surface area contributed by atoms with Crippen LogP contribution in [0.25, 0.3) is 0 Å². The molecule has 3 aromatic rings. The zero-order chi connectivity index (χ0) is 16.2. The highest BCUT2D eigenvalue weighted by Gasteiger charge is 2.06. The van der Waals surface area contributed by atoms with Crippen LogP contribution in [-0.4, -0.2) is 14.4 Å². The molecule has 0 saturated heterocycles. The molecule has 0 unspecified atom stereocenters. The SMILES string of the molecule is Cn1sc(=NC(=Nc2ccccc2)c2ccccc2)n(C)c1=O. The van der Waals surface area contributed by atoms with Crippen molar-refractivity contribution in [3.63, 3.8) is 0 Å². The first-order chi connectivity index (χ1) is 11.1. The average molecular weight is 324 g/mol. The van der Waals surface area contributed by atoms with E-state index in [0.29, 0.717) is 10.6 Å². The second-order valence-electron chi connectivity index (χ2n) is 4.96. The summed E-state index contributed by atoms with van der Waals surface area (Å²) >= 11 is 1.29. The van der Waals surface area contributed by atoms with Gasteiger partial charge in [-0.2, -0.15) is 4.99 Å². The van der Waals surface area contributed by atoms with Crippen LogP contribution in [0.4, 0.5) is 5.69 Å². The standard InChI is InChI=1S/C17H16N4OS/c1-20-16(23-21(2)17(20)22)19-15(13-9-5-3-6-10-13)18-14-11-7-4-8-12-14/h3-12H,1-2H3. The number of amidine groups is 1. The first-order valence-electron chi connectivity index (χ1n) is 7.12. The van der Waals surface area contributed by atoms with Crippen molar-refractivity contribution in [1.29, 1.82) is 0 Å². The molecule has 0 atom stereocenters. The van der Waals surface area contributed by atoms with Crippen molar-refractivity contribution in [3.05, 3.63) is 81.5 Å². The van der Waals surface area contributed by atoms with Gasteiger partial charge in [-0.25, -0.2) is 13.7 Å². The molecule has 2 aromatic carbocycles. The maximum Gasteiger partial charge on any atom is 0.339 e. The van der Waals surface area contributed by atoms with Crippen LogP contribution >= 0.6 is 11.5 Å². The minimum atomic E-state index is -0.0964. The van der Waals surface area contributed by atoms with Crippen molar-refractivity contribution in [2.45, 2.75) is 0 Å². The maximum absolute atomic E-state index is 11.9. The molecule has 0 saturated carbocycles. The third-order valence-electron chi connectivity index (χ3n) is 3.29. The molecule has 0 aliphatic carbocycles. The van der Waals surface area contributed by atoms with Crippen LogP contribution in [0.3, 0.4) is 0 Å². The van der Waals surface area contributed by atoms with Crippen LogP contribution in [0.1, 0.15) is 5.56 Å². The van der Waals surface area contributed by atoms with E-state index in [0.717, 1.165) is 11.3 Å². The molecule has 6 heteroatoms. The summed E-state index contributed by atoms with van der Waals surface area (Å²) in [6, 6.07) is 19.4. The van der Waals surface area contributed by atoms with E-state index < -0.39 is 0 Å². The van der Waals surface area contributed by atoms with Gasteiger partial charge in [0.15, 0.2) is 5.84 Å². The lowest BCUT2D eigenvalue weighted by molar-refractivity contribution is 0.766. The van der Waals surface area contributed by atoms with Crippen LogP contribution in [-0.2, 0) is 14.1 Å². The summed E-state index contributed by atoms with van der Waals surface area (Å²) in [6.07, 6.45) is 0. The summed E-state index contributed by atoms with van der Waals surface area (Å²) in [5.74, 6) is 0.578. The molecular weight excluding hydrogens is 308 g/mol. The Morgan fingerprint density at radius 3 is 2.13 bits per heavy atom. The fourth-order valence-corrected chi connectivity index (χ4v) is 2.84. The molecule has 0 radical (unpaired) electrons. The largest absolute Gasteiger partial charge is 0.339 e. The molecule has 1 aromatic heterocycles. The fourth-order valence-electron chi connectivity index (χ4n) is 2.07. The van der Waals surface area contributed by atoms with Crippen molar-refractivity contribution in [1.82, 2.24) is 8.52 Å². The van der Waals surface area contributed by atoms with Gasteiger partial charge in [0.25, 0.3) is 0 Å². The van der Waals surface area contributed by atoms with Crippen LogP contribution in [0.2, 0.25) is 0 Å². The smallest absolute Gasteiger partial charge is 0.271 e. The monoisotopic (exact) mass is 324 g/mol. The second-order valence-corrected chi connectivity index (χ2v) is 6.06. The molecule has 0 fully saturated rings. The van der Waals surface area contributed by atoms with Gasteiger partial charge in [-0.3, -0.25) is 4.57 Å². The lowest BCUT2D eigenvalue weighted by Crippen LogP contribution is -2.26. The van der Waals surface area contributed by atoms with E-state index in [1.54, 1.807) is 18.1 Å². The average Bonchev–Trinajstić information content (AvgIpc) is 2.83. The maximum atomic E-state index is 11.9. The Labute approximate surface area is 137 Å². The zero-order valence-electron chi connectivity index (χ0n) is 12.9. The highest BCUT2D eigenvalue weighted by Crippen LogP contribution is 2.13. The molecule has 0 amide bonds. The van der Waals surface area contributed by atoms with Gasteiger partial charge in [0, 0.05) is 19.7 Å². The minimum Gasteiger partial charge on any atom is -0.271 e. The molecule has 0 aliphatic rings. The molecule has 0 aliphatic heterocycles. The summed E-state index contributed by atoms with van der Waals surface area (Å²) in [5.41, 5.74) is 1.63. The Kier molecular flexibility index (Phi) is 4.34. The molecular formula is C17H16N4OS. The van der Waals surface area contributed by atoms with Gasteiger partial charge < -0.3 is 0 Å². The van der Waals surface area contributed by atoms with E-state index in [2.05, 4.69) is 9.98 Å². The van der Waals surface area contributed by atoms with Crippen LogP contribution in [0, 0.1) is 0 Å². The number of benzene rings is 2. The van der Waals surface area contributed by atoms with E-state index in [9.17, 15) is 4.79 Å². The summed E-state index contributed by atoms with van der Waals surface area (Å²) in [6.45, 7) is 0. The summed E-state index contributed by atoms with van der Waals surface area (Å²) in [4.78, 5) is 21.8. The van der Waals surface area contributed by atoms with Gasteiger partial charge in [0.2, 0.25) is 4.80 Å². The second kappa shape index (κ2) is 6.58. The number of aryl methyl sites for hydroxylation is 1. The van der Waals surface area contributed by atoms with Crippen molar-refractivity contribution < 1.29 is 0 Å². The van der Waals surface area contributed by atoms with Gasteiger partial charge in [0.1, 0.15) is 0 Å². The van der Waals surface area contributed by atoms with Crippen LogP contribution in [0.15, 0.2) is 75.4 Å². The molecule has 3 rings (SSSR count). The molecule has 0 bridgehead atoms. The molecule has 1 heterocycles. The molecule has 0 N–H and O–H groups in total. The van der Waals surface area contributed by atoms with Gasteiger partial charge >= 0.3 is 5.69 Å². The third kappa shape index (κ3) is 3.37. The predicted molar refractivity (Wildman–Crippen MR) is 93.2 cm³/mol.